The number of carbonyl (C=O) groups is 1. The molecule has 0 bridgehead atoms. The summed E-state index contributed by atoms with van der Waals surface area (Å²) in [5.41, 5.74) is 0.396. The van der Waals surface area contributed by atoms with Gasteiger partial charge in [-0.15, -0.1) is 0 Å². The van der Waals surface area contributed by atoms with E-state index in [-0.39, 0.29) is 23.5 Å². The first-order valence-electron chi connectivity index (χ1n) is 6.31. The summed E-state index contributed by atoms with van der Waals surface area (Å²) in [6.07, 6.45) is 0.494. The predicted molar refractivity (Wildman–Crippen MR) is 82.9 cm³/mol. The van der Waals surface area contributed by atoms with Crippen LogP contribution in [0.3, 0.4) is 0 Å². The summed E-state index contributed by atoms with van der Waals surface area (Å²) < 4.78 is 23.8. The normalized spacial score (nSPS) is 20.9. The zero-order valence-corrected chi connectivity index (χ0v) is 14.1. The maximum atomic E-state index is 12.6. The highest BCUT2D eigenvalue weighted by Crippen LogP contribution is 2.28. The van der Waals surface area contributed by atoms with Crippen molar-refractivity contribution in [2.45, 2.75) is 19.4 Å². The minimum atomic E-state index is -3.02. The van der Waals surface area contributed by atoms with Crippen molar-refractivity contribution in [3.8, 4) is 0 Å². The van der Waals surface area contributed by atoms with Crippen LogP contribution >= 0.6 is 27.5 Å². The van der Waals surface area contributed by atoms with E-state index in [1.807, 2.05) is 6.92 Å². The number of amides is 1. The van der Waals surface area contributed by atoms with Crippen molar-refractivity contribution in [3.63, 3.8) is 0 Å². The highest BCUT2D eigenvalue weighted by atomic mass is 79.9. The van der Waals surface area contributed by atoms with Crippen LogP contribution in [0.5, 0.6) is 0 Å². The fraction of sp³-hybridized carbons (Fsp3) is 0.462. The maximum Gasteiger partial charge on any atom is 0.255 e. The minimum absolute atomic E-state index is 0.0399. The third-order valence-electron chi connectivity index (χ3n) is 3.43. The summed E-state index contributed by atoms with van der Waals surface area (Å²) in [7, 11) is -3.02. The molecule has 0 radical (unpaired) electrons. The Morgan fingerprint density at radius 2 is 2.20 bits per heavy atom. The molecule has 1 aromatic rings. The Bertz CT molecular complexity index is 633. The van der Waals surface area contributed by atoms with Crippen LogP contribution in [-0.2, 0) is 9.84 Å². The molecule has 1 aliphatic heterocycles. The Kier molecular flexibility index (Phi) is 4.76. The van der Waals surface area contributed by atoms with Crippen LogP contribution in [0.1, 0.15) is 23.7 Å². The Labute approximate surface area is 132 Å². The number of sulfone groups is 1. The van der Waals surface area contributed by atoms with Gasteiger partial charge in [0.1, 0.15) is 0 Å². The summed E-state index contributed by atoms with van der Waals surface area (Å²) in [6, 6.07) is 4.90. The second-order valence-corrected chi connectivity index (χ2v) is 8.21. The summed E-state index contributed by atoms with van der Waals surface area (Å²) in [5.74, 6) is -0.0350. The molecule has 0 aromatic heterocycles. The minimum Gasteiger partial charge on any atom is -0.335 e. The molecule has 0 N–H and O–H groups in total. The van der Waals surface area contributed by atoms with Crippen molar-refractivity contribution in [1.82, 2.24) is 4.90 Å². The monoisotopic (exact) mass is 379 g/mol. The Balaban J connectivity index is 2.28. The lowest BCUT2D eigenvalue weighted by Gasteiger charge is -2.27. The van der Waals surface area contributed by atoms with Gasteiger partial charge < -0.3 is 4.90 Å². The third kappa shape index (κ3) is 3.18. The molecule has 4 nitrogen and oxygen atoms in total. The Morgan fingerprint density at radius 1 is 1.50 bits per heavy atom. The molecule has 1 amide bonds. The third-order valence-corrected chi connectivity index (χ3v) is 6.48. The van der Waals surface area contributed by atoms with Gasteiger partial charge in [-0.3, -0.25) is 4.79 Å². The van der Waals surface area contributed by atoms with Crippen LogP contribution < -0.4 is 0 Å². The van der Waals surface area contributed by atoms with Gasteiger partial charge in [0.05, 0.1) is 22.1 Å². The van der Waals surface area contributed by atoms with E-state index in [1.54, 1.807) is 23.1 Å². The molecule has 1 aliphatic rings. The standard InChI is InChI=1S/C13H15BrClNO3S/c1-2-16(9-6-7-20(18,19)8-9)13(17)10-4-3-5-11(14)12(10)15/h3-5,9H,2,6-8H2,1H3. The lowest BCUT2D eigenvalue weighted by Crippen LogP contribution is -2.41. The second-order valence-electron chi connectivity index (χ2n) is 4.75. The second kappa shape index (κ2) is 6.03. The average molecular weight is 381 g/mol. The first-order valence-corrected chi connectivity index (χ1v) is 9.30. The van der Waals surface area contributed by atoms with E-state index in [0.29, 0.717) is 28.0 Å². The fourth-order valence-corrected chi connectivity index (χ4v) is 4.72. The quantitative estimate of drug-likeness (QED) is 0.810. The zero-order chi connectivity index (χ0) is 14.9. The summed E-state index contributed by atoms with van der Waals surface area (Å²) in [5, 5.41) is 0.358. The number of carbonyl (C=O) groups excluding carboxylic acids is 1. The number of rotatable bonds is 3. The Hall–Kier alpha value is -0.590. The predicted octanol–water partition coefficient (Wildman–Crippen LogP) is 2.75. The van der Waals surface area contributed by atoms with E-state index in [2.05, 4.69) is 15.9 Å². The van der Waals surface area contributed by atoms with Crippen LogP contribution in [0.2, 0.25) is 5.02 Å². The van der Waals surface area contributed by atoms with Crippen molar-refractivity contribution in [2.75, 3.05) is 18.1 Å². The van der Waals surface area contributed by atoms with Crippen LogP contribution in [0.4, 0.5) is 0 Å². The van der Waals surface area contributed by atoms with Gasteiger partial charge >= 0.3 is 0 Å². The van der Waals surface area contributed by atoms with Crippen molar-refractivity contribution < 1.29 is 13.2 Å². The van der Waals surface area contributed by atoms with E-state index in [9.17, 15) is 13.2 Å². The molecule has 110 valence electrons. The van der Waals surface area contributed by atoms with Gasteiger partial charge in [0.15, 0.2) is 9.84 Å². The average Bonchev–Trinajstić information content (AvgIpc) is 2.74. The molecule has 0 saturated carbocycles. The molecule has 1 saturated heterocycles. The summed E-state index contributed by atoms with van der Waals surface area (Å²) >= 11 is 9.43. The largest absolute Gasteiger partial charge is 0.335 e. The van der Waals surface area contributed by atoms with E-state index in [1.165, 1.54) is 0 Å². The lowest BCUT2D eigenvalue weighted by molar-refractivity contribution is 0.0708. The van der Waals surface area contributed by atoms with Crippen molar-refractivity contribution in [1.29, 1.82) is 0 Å². The van der Waals surface area contributed by atoms with Gasteiger partial charge in [0.2, 0.25) is 0 Å². The van der Waals surface area contributed by atoms with Crippen LogP contribution in [-0.4, -0.2) is 43.3 Å². The highest BCUT2D eigenvalue weighted by Gasteiger charge is 2.34. The molecule has 1 fully saturated rings. The number of nitrogens with zero attached hydrogens (tertiary/aromatic N) is 1. The lowest BCUT2D eigenvalue weighted by atomic mass is 10.1. The molecule has 1 unspecified atom stereocenters. The van der Waals surface area contributed by atoms with Gasteiger partial charge in [0.25, 0.3) is 5.91 Å². The van der Waals surface area contributed by atoms with Crippen molar-refractivity contribution >= 4 is 43.3 Å². The van der Waals surface area contributed by atoms with Gasteiger partial charge in [0, 0.05) is 17.1 Å². The number of hydrogen-bond donors (Lipinski definition) is 0. The number of hydrogen-bond acceptors (Lipinski definition) is 3. The van der Waals surface area contributed by atoms with Crippen molar-refractivity contribution in [2.24, 2.45) is 0 Å². The molecule has 2 rings (SSSR count). The molecule has 0 aliphatic carbocycles. The SMILES string of the molecule is CCN(C(=O)c1cccc(Br)c1Cl)C1CCS(=O)(=O)C1. The Morgan fingerprint density at radius 3 is 2.75 bits per heavy atom. The first kappa shape index (κ1) is 15.8. The van der Waals surface area contributed by atoms with Crippen LogP contribution in [0.15, 0.2) is 22.7 Å². The molecule has 0 spiro atoms. The van der Waals surface area contributed by atoms with Gasteiger partial charge in [-0.05, 0) is 41.4 Å². The van der Waals surface area contributed by atoms with Crippen LogP contribution in [0, 0.1) is 0 Å². The van der Waals surface area contributed by atoms with Gasteiger partial charge in [-0.1, -0.05) is 17.7 Å². The van der Waals surface area contributed by atoms with Gasteiger partial charge in [-0.25, -0.2) is 8.42 Å². The summed E-state index contributed by atoms with van der Waals surface area (Å²) in [4.78, 5) is 14.2. The molecular formula is C13H15BrClNO3S. The first-order chi connectivity index (χ1) is 9.35. The van der Waals surface area contributed by atoms with E-state index in [0.717, 1.165) is 0 Å². The molecular weight excluding hydrogens is 366 g/mol. The van der Waals surface area contributed by atoms with Gasteiger partial charge in [-0.2, -0.15) is 0 Å². The van der Waals surface area contributed by atoms with Crippen molar-refractivity contribution in [3.05, 3.63) is 33.3 Å². The molecule has 1 aromatic carbocycles. The number of halogens is 2. The summed E-state index contributed by atoms with van der Waals surface area (Å²) in [6.45, 7) is 2.30. The van der Waals surface area contributed by atoms with E-state index >= 15 is 0 Å². The number of benzene rings is 1. The molecule has 7 heteroatoms. The maximum absolute atomic E-state index is 12.6. The smallest absolute Gasteiger partial charge is 0.255 e. The van der Waals surface area contributed by atoms with E-state index in [4.69, 9.17) is 11.6 Å². The topological polar surface area (TPSA) is 54.5 Å². The zero-order valence-electron chi connectivity index (χ0n) is 11.0. The molecule has 1 atom stereocenters. The molecule has 20 heavy (non-hydrogen) atoms. The fourth-order valence-electron chi connectivity index (χ4n) is 2.41. The molecule has 1 heterocycles. The van der Waals surface area contributed by atoms with Crippen LogP contribution in [0.25, 0.3) is 0 Å². The van der Waals surface area contributed by atoms with E-state index < -0.39 is 9.84 Å². The highest BCUT2D eigenvalue weighted by molar-refractivity contribution is 9.10.